The van der Waals surface area contributed by atoms with Gasteiger partial charge in [0, 0.05) is 19.8 Å². The van der Waals surface area contributed by atoms with Gasteiger partial charge in [-0.05, 0) is 25.3 Å². The summed E-state index contributed by atoms with van der Waals surface area (Å²) in [4.78, 5) is 0. The number of ether oxygens (including phenoxy) is 4. The lowest BCUT2D eigenvalue weighted by atomic mass is 10.1. The molecule has 0 unspecified atom stereocenters. The molecular formula is C21H40O4. The number of rotatable bonds is 16. The van der Waals surface area contributed by atoms with Crippen molar-refractivity contribution >= 4 is 0 Å². The molecule has 0 fully saturated rings. The van der Waals surface area contributed by atoms with Gasteiger partial charge in [-0.25, -0.2) is 0 Å². The van der Waals surface area contributed by atoms with E-state index in [-0.39, 0.29) is 18.3 Å². The highest BCUT2D eigenvalue weighted by atomic mass is 16.6. The molecule has 25 heavy (non-hydrogen) atoms. The average Bonchev–Trinajstić information content (AvgIpc) is 2.63. The van der Waals surface area contributed by atoms with Gasteiger partial charge in [0.25, 0.3) is 0 Å². The molecule has 0 bridgehead atoms. The normalized spacial score (nSPS) is 22.9. The summed E-state index contributed by atoms with van der Waals surface area (Å²) in [5.41, 5.74) is 0. The predicted octanol–water partition coefficient (Wildman–Crippen LogP) is 5.26. The first-order valence-electron chi connectivity index (χ1n) is 10.5. The van der Waals surface area contributed by atoms with Crippen LogP contribution in [0.1, 0.15) is 78.6 Å². The topological polar surface area (TPSA) is 36.9 Å². The predicted molar refractivity (Wildman–Crippen MR) is 103 cm³/mol. The first kappa shape index (κ1) is 22.5. The van der Waals surface area contributed by atoms with Crippen LogP contribution in [0.15, 0.2) is 12.3 Å². The summed E-state index contributed by atoms with van der Waals surface area (Å²) >= 11 is 0. The third kappa shape index (κ3) is 10.2. The van der Waals surface area contributed by atoms with E-state index in [1.165, 1.54) is 38.5 Å². The fourth-order valence-electron chi connectivity index (χ4n) is 2.91. The summed E-state index contributed by atoms with van der Waals surface area (Å²) < 4.78 is 23.9. The molecule has 0 aromatic rings. The zero-order valence-electron chi connectivity index (χ0n) is 16.7. The molecule has 1 aliphatic heterocycles. The maximum atomic E-state index is 6.16. The molecule has 1 rings (SSSR count). The van der Waals surface area contributed by atoms with E-state index in [4.69, 9.17) is 18.9 Å². The van der Waals surface area contributed by atoms with Crippen molar-refractivity contribution in [3.05, 3.63) is 12.3 Å². The summed E-state index contributed by atoms with van der Waals surface area (Å²) in [6.07, 6.45) is 14.1. The van der Waals surface area contributed by atoms with Crippen LogP contribution >= 0.6 is 0 Å². The molecule has 0 N–H and O–H groups in total. The van der Waals surface area contributed by atoms with Crippen LogP contribution in [0, 0.1) is 0 Å². The van der Waals surface area contributed by atoms with Crippen LogP contribution in [0.5, 0.6) is 0 Å². The molecule has 0 spiro atoms. The Labute approximate surface area is 155 Å². The van der Waals surface area contributed by atoms with Crippen molar-refractivity contribution in [2.45, 2.75) is 96.9 Å². The lowest BCUT2D eigenvalue weighted by Gasteiger charge is -2.34. The smallest absolute Gasteiger partial charge is 0.150 e. The summed E-state index contributed by atoms with van der Waals surface area (Å²) in [7, 11) is 0. The molecule has 4 heteroatoms. The summed E-state index contributed by atoms with van der Waals surface area (Å²) in [5.74, 6) is 0. The molecule has 0 aromatic carbocycles. The van der Waals surface area contributed by atoms with Gasteiger partial charge in [0.15, 0.2) is 0 Å². The van der Waals surface area contributed by atoms with Gasteiger partial charge in [-0.2, -0.15) is 0 Å². The van der Waals surface area contributed by atoms with Gasteiger partial charge in [-0.15, -0.1) is 0 Å². The van der Waals surface area contributed by atoms with E-state index in [1.54, 1.807) is 6.26 Å². The van der Waals surface area contributed by atoms with E-state index in [9.17, 15) is 0 Å². The van der Waals surface area contributed by atoms with Gasteiger partial charge in [0.05, 0.1) is 12.9 Å². The van der Waals surface area contributed by atoms with Crippen molar-refractivity contribution < 1.29 is 18.9 Å². The Hall–Kier alpha value is -0.580. The maximum absolute atomic E-state index is 6.16. The molecule has 0 amide bonds. The highest BCUT2D eigenvalue weighted by Gasteiger charge is 2.34. The van der Waals surface area contributed by atoms with Crippen molar-refractivity contribution in [3.8, 4) is 0 Å². The van der Waals surface area contributed by atoms with E-state index in [0.29, 0.717) is 6.61 Å². The van der Waals surface area contributed by atoms with Crippen molar-refractivity contribution in [1.82, 2.24) is 0 Å². The first-order chi connectivity index (χ1) is 12.3. The Balaban J connectivity index is 2.45. The zero-order valence-corrected chi connectivity index (χ0v) is 16.7. The number of hydrogen-bond acceptors (Lipinski definition) is 4. The standard InChI is InChI=1S/C21H40O4/c1-4-7-10-14-22-18-20-21(25-16-12-9-6-3)19(13-17-24-20)23-15-11-8-5-2/h13,17,19-21H,4-12,14-16,18H2,1-3H3/t19-,20-,21+/m1/s1. The third-order valence-corrected chi connectivity index (χ3v) is 4.50. The second kappa shape index (κ2) is 15.7. The van der Waals surface area contributed by atoms with E-state index in [1.807, 2.05) is 6.08 Å². The molecule has 0 aliphatic carbocycles. The van der Waals surface area contributed by atoms with Crippen LogP contribution in [0.25, 0.3) is 0 Å². The highest BCUT2D eigenvalue weighted by molar-refractivity contribution is 4.99. The Kier molecular flexibility index (Phi) is 14.1. The van der Waals surface area contributed by atoms with Crippen molar-refractivity contribution in [1.29, 1.82) is 0 Å². The fraction of sp³-hybridized carbons (Fsp3) is 0.905. The van der Waals surface area contributed by atoms with E-state index < -0.39 is 0 Å². The van der Waals surface area contributed by atoms with Crippen LogP contribution in [-0.4, -0.2) is 44.7 Å². The quantitative estimate of drug-likeness (QED) is 0.354. The van der Waals surface area contributed by atoms with Crippen molar-refractivity contribution in [2.24, 2.45) is 0 Å². The second-order valence-corrected chi connectivity index (χ2v) is 6.87. The van der Waals surface area contributed by atoms with E-state index in [0.717, 1.165) is 39.1 Å². The molecule has 4 nitrogen and oxygen atoms in total. The lowest BCUT2D eigenvalue weighted by molar-refractivity contribution is -0.139. The van der Waals surface area contributed by atoms with E-state index >= 15 is 0 Å². The SMILES string of the molecule is CCCCCOC[C@H]1OC=C[C@@H](OCCCCC)[C@@H]1OCCCCC. The summed E-state index contributed by atoms with van der Waals surface area (Å²) in [6.45, 7) is 9.52. The Bertz CT molecular complexity index is 319. The Morgan fingerprint density at radius 2 is 1.36 bits per heavy atom. The van der Waals surface area contributed by atoms with Gasteiger partial charge in [0.2, 0.25) is 0 Å². The number of hydrogen-bond donors (Lipinski definition) is 0. The highest BCUT2D eigenvalue weighted by Crippen LogP contribution is 2.20. The molecular weight excluding hydrogens is 316 g/mol. The van der Waals surface area contributed by atoms with Crippen LogP contribution in [0.2, 0.25) is 0 Å². The Morgan fingerprint density at radius 1 is 0.760 bits per heavy atom. The molecule has 3 atom stereocenters. The fourth-order valence-corrected chi connectivity index (χ4v) is 2.91. The molecule has 148 valence electrons. The number of unbranched alkanes of at least 4 members (excludes halogenated alkanes) is 6. The van der Waals surface area contributed by atoms with Crippen LogP contribution in [-0.2, 0) is 18.9 Å². The van der Waals surface area contributed by atoms with Crippen LogP contribution < -0.4 is 0 Å². The minimum absolute atomic E-state index is 0.0310. The summed E-state index contributed by atoms with van der Waals surface area (Å²) in [6, 6.07) is 0. The van der Waals surface area contributed by atoms with Gasteiger partial charge in [0.1, 0.15) is 18.3 Å². The van der Waals surface area contributed by atoms with Gasteiger partial charge in [-0.3, -0.25) is 0 Å². The minimum atomic E-state index is -0.0792. The monoisotopic (exact) mass is 356 g/mol. The van der Waals surface area contributed by atoms with Crippen LogP contribution in [0.3, 0.4) is 0 Å². The average molecular weight is 357 g/mol. The maximum Gasteiger partial charge on any atom is 0.150 e. The van der Waals surface area contributed by atoms with Crippen molar-refractivity contribution in [3.63, 3.8) is 0 Å². The molecule has 1 aliphatic rings. The molecule has 0 radical (unpaired) electrons. The van der Waals surface area contributed by atoms with Crippen LogP contribution in [0.4, 0.5) is 0 Å². The largest absolute Gasteiger partial charge is 0.493 e. The van der Waals surface area contributed by atoms with E-state index in [2.05, 4.69) is 20.8 Å². The lowest BCUT2D eigenvalue weighted by Crippen LogP contribution is -2.46. The first-order valence-corrected chi connectivity index (χ1v) is 10.5. The second-order valence-electron chi connectivity index (χ2n) is 6.87. The van der Waals surface area contributed by atoms with Gasteiger partial charge in [-0.1, -0.05) is 59.3 Å². The Morgan fingerprint density at radius 3 is 2.00 bits per heavy atom. The molecule has 0 saturated heterocycles. The molecule has 0 saturated carbocycles. The minimum Gasteiger partial charge on any atom is -0.493 e. The van der Waals surface area contributed by atoms with Gasteiger partial charge < -0.3 is 18.9 Å². The van der Waals surface area contributed by atoms with Gasteiger partial charge >= 0.3 is 0 Å². The zero-order chi connectivity index (χ0) is 18.2. The molecule has 1 heterocycles. The molecule has 0 aromatic heterocycles. The van der Waals surface area contributed by atoms with Crippen molar-refractivity contribution in [2.75, 3.05) is 26.4 Å². The summed E-state index contributed by atoms with van der Waals surface area (Å²) in [5, 5.41) is 0. The third-order valence-electron chi connectivity index (χ3n) is 4.50.